The van der Waals surface area contributed by atoms with Gasteiger partial charge in [-0.2, -0.15) is 0 Å². The highest BCUT2D eigenvalue weighted by Crippen LogP contribution is 2.26. The average molecular weight is 550 g/mol. The lowest BCUT2D eigenvalue weighted by Gasteiger charge is -2.38. The minimum atomic E-state index is -2.34. The largest absolute Gasteiger partial charge is 0.478 e. The molecule has 214 valence electrons. The van der Waals surface area contributed by atoms with Crippen LogP contribution in [0.1, 0.15) is 48.5 Å². The summed E-state index contributed by atoms with van der Waals surface area (Å²) in [5.74, 6) is -9.32. The van der Waals surface area contributed by atoms with Gasteiger partial charge in [-0.15, -0.1) is 0 Å². The highest BCUT2D eigenvalue weighted by atomic mass is 16.7. The summed E-state index contributed by atoms with van der Waals surface area (Å²) < 4.78 is 35.2. The van der Waals surface area contributed by atoms with Crippen LogP contribution in [-0.2, 0) is 71.5 Å². The van der Waals surface area contributed by atoms with Crippen molar-refractivity contribution in [1.29, 1.82) is 0 Å². The highest BCUT2D eigenvalue weighted by Gasteiger charge is 2.52. The first-order valence-electron chi connectivity index (χ1n) is 10.9. The molecule has 0 amide bonds. The van der Waals surface area contributed by atoms with Crippen LogP contribution in [0.25, 0.3) is 0 Å². The Morgan fingerprint density at radius 1 is 0.474 bits per heavy atom. The van der Waals surface area contributed by atoms with Crippen LogP contribution >= 0.6 is 0 Å². The maximum absolute atomic E-state index is 12.1. The normalized spacial score (nSPS) is 15.1. The summed E-state index contributed by atoms with van der Waals surface area (Å²) in [7, 11) is 0. The number of ether oxygens (including phenoxy) is 7. The molecule has 6 atom stereocenters. The van der Waals surface area contributed by atoms with Crippen molar-refractivity contribution in [3.05, 3.63) is 0 Å². The van der Waals surface area contributed by atoms with Crippen molar-refractivity contribution in [2.24, 2.45) is 0 Å². The van der Waals surface area contributed by atoms with E-state index in [1.807, 2.05) is 0 Å². The molecule has 0 unspecified atom stereocenters. The minimum absolute atomic E-state index is 0.776. The van der Waals surface area contributed by atoms with Crippen LogP contribution in [-0.4, -0.2) is 96.1 Å². The van der Waals surface area contributed by atoms with Crippen LogP contribution in [0.3, 0.4) is 0 Å². The molecule has 16 heteroatoms. The molecular formula is C22H30O16. The summed E-state index contributed by atoms with van der Waals surface area (Å²) in [6.45, 7) is 5.48. The second-order valence-electron chi connectivity index (χ2n) is 7.61. The van der Waals surface area contributed by atoms with Crippen LogP contribution in [0.5, 0.6) is 0 Å². The van der Waals surface area contributed by atoms with E-state index < -0.39 is 91.0 Å². The van der Waals surface area contributed by atoms with Gasteiger partial charge in [-0.05, 0) is 0 Å². The zero-order chi connectivity index (χ0) is 29.7. The predicted molar refractivity (Wildman–Crippen MR) is 118 cm³/mol. The van der Waals surface area contributed by atoms with Gasteiger partial charge in [0.1, 0.15) is 6.61 Å². The third-order valence-electron chi connectivity index (χ3n) is 4.15. The Kier molecular flexibility index (Phi) is 14.0. The number of esters is 7. The Labute approximate surface area is 216 Å². The molecule has 0 aliphatic rings. The number of hydrogen-bond acceptors (Lipinski definition) is 15. The SMILES string of the molecule is CC(=O)OC[C@@H](OC(C)=O)[C@@H](OC(C)=O)[C@H](OC(C)=O)[C@H](OC(C)=O)[C@@H](OC(C)=O)[C@H](OC(C)=O)C(=O)O. The smallest absolute Gasteiger partial charge is 0.349 e. The maximum atomic E-state index is 12.1. The Bertz CT molecular complexity index is 924. The van der Waals surface area contributed by atoms with Crippen molar-refractivity contribution in [1.82, 2.24) is 0 Å². The van der Waals surface area contributed by atoms with Crippen molar-refractivity contribution in [2.75, 3.05) is 6.61 Å². The summed E-state index contributed by atoms with van der Waals surface area (Å²) in [6.07, 6.45) is -12.4. The fourth-order valence-electron chi connectivity index (χ4n) is 3.11. The second kappa shape index (κ2) is 15.8. The van der Waals surface area contributed by atoms with E-state index in [-0.39, 0.29) is 0 Å². The summed E-state index contributed by atoms with van der Waals surface area (Å²) in [5.41, 5.74) is 0. The summed E-state index contributed by atoms with van der Waals surface area (Å²) in [6, 6.07) is 0. The number of carbonyl (C=O) groups excluding carboxylic acids is 7. The van der Waals surface area contributed by atoms with Gasteiger partial charge in [0.05, 0.1) is 0 Å². The van der Waals surface area contributed by atoms with Crippen LogP contribution in [0, 0.1) is 0 Å². The van der Waals surface area contributed by atoms with Crippen molar-refractivity contribution in [2.45, 2.75) is 85.1 Å². The number of aliphatic carboxylic acids is 1. The van der Waals surface area contributed by atoms with E-state index in [4.69, 9.17) is 33.2 Å². The molecule has 0 fully saturated rings. The van der Waals surface area contributed by atoms with Gasteiger partial charge >= 0.3 is 47.8 Å². The standard InChI is InChI=1S/C22H30O16/c1-9(23)32-8-16(33-10(2)24)17(34-11(3)25)18(35-12(4)26)19(36-13(5)27)20(37-14(6)28)21(22(30)31)38-15(7)29/h16-21H,8H2,1-7H3,(H,30,31)/t16-,17-,18+,19+,20-,21+/m1/s1. The topological polar surface area (TPSA) is 221 Å². The summed E-state index contributed by atoms with van der Waals surface area (Å²) >= 11 is 0. The first-order chi connectivity index (χ1) is 17.5. The van der Waals surface area contributed by atoms with E-state index in [1.165, 1.54) is 0 Å². The van der Waals surface area contributed by atoms with Gasteiger partial charge in [0, 0.05) is 48.5 Å². The average Bonchev–Trinajstić information content (AvgIpc) is 2.73. The van der Waals surface area contributed by atoms with Crippen molar-refractivity contribution in [3.63, 3.8) is 0 Å². The molecule has 0 saturated carbocycles. The van der Waals surface area contributed by atoms with Crippen LogP contribution in [0.4, 0.5) is 0 Å². The molecule has 16 nitrogen and oxygen atoms in total. The summed E-state index contributed by atoms with van der Waals surface area (Å²) in [5, 5.41) is 9.68. The van der Waals surface area contributed by atoms with E-state index in [0.717, 1.165) is 48.5 Å². The molecular weight excluding hydrogens is 520 g/mol. The lowest BCUT2D eigenvalue weighted by atomic mass is 9.95. The molecule has 0 aliphatic heterocycles. The van der Waals surface area contributed by atoms with Crippen molar-refractivity contribution in [3.8, 4) is 0 Å². The van der Waals surface area contributed by atoms with E-state index in [0.29, 0.717) is 0 Å². The second-order valence-corrected chi connectivity index (χ2v) is 7.61. The molecule has 0 bridgehead atoms. The number of carboxylic acid groups (broad SMARTS) is 1. The van der Waals surface area contributed by atoms with Gasteiger partial charge in [0.25, 0.3) is 0 Å². The number of carbonyl (C=O) groups is 8. The van der Waals surface area contributed by atoms with E-state index >= 15 is 0 Å². The number of hydrogen-bond donors (Lipinski definition) is 1. The molecule has 0 aromatic heterocycles. The third kappa shape index (κ3) is 12.6. The van der Waals surface area contributed by atoms with Crippen molar-refractivity contribution < 1.29 is 76.6 Å². The number of carboxylic acids is 1. The van der Waals surface area contributed by atoms with Gasteiger partial charge in [0.15, 0.2) is 30.5 Å². The molecule has 0 radical (unpaired) electrons. The molecule has 0 heterocycles. The lowest BCUT2D eigenvalue weighted by molar-refractivity contribution is -0.223. The lowest BCUT2D eigenvalue weighted by Crippen LogP contribution is -2.60. The minimum Gasteiger partial charge on any atom is -0.478 e. The monoisotopic (exact) mass is 550 g/mol. The quantitative estimate of drug-likeness (QED) is 0.207. The van der Waals surface area contributed by atoms with Gasteiger partial charge in [-0.3, -0.25) is 33.6 Å². The van der Waals surface area contributed by atoms with Crippen LogP contribution in [0.2, 0.25) is 0 Å². The molecule has 1 N–H and O–H groups in total. The zero-order valence-corrected chi connectivity index (χ0v) is 21.7. The molecule has 0 aromatic carbocycles. The predicted octanol–water partition coefficient (Wildman–Crippen LogP) is -0.776. The fourth-order valence-corrected chi connectivity index (χ4v) is 3.11. The first-order valence-corrected chi connectivity index (χ1v) is 10.9. The van der Waals surface area contributed by atoms with Crippen LogP contribution < -0.4 is 0 Å². The molecule has 0 saturated heterocycles. The van der Waals surface area contributed by atoms with Gasteiger partial charge in [0.2, 0.25) is 6.10 Å². The van der Waals surface area contributed by atoms with Crippen molar-refractivity contribution >= 4 is 47.8 Å². The van der Waals surface area contributed by atoms with E-state index in [9.17, 15) is 43.5 Å². The van der Waals surface area contributed by atoms with Gasteiger partial charge in [-0.1, -0.05) is 0 Å². The first kappa shape index (κ1) is 33.8. The Morgan fingerprint density at radius 3 is 1.16 bits per heavy atom. The fraction of sp³-hybridized carbons (Fsp3) is 0.636. The third-order valence-corrected chi connectivity index (χ3v) is 4.15. The molecule has 0 aliphatic carbocycles. The highest BCUT2D eigenvalue weighted by molar-refractivity contribution is 5.79. The van der Waals surface area contributed by atoms with E-state index in [1.54, 1.807) is 0 Å². The molecule has 0 aromatic rings. The Hall–Kier alpha value is -4.24. The summed E-state index contributed by atoms with van der Waals surface area (Å²) in [4.78, 5) is 94.7. The van der Waals surface area contributed by atoms with Gasteiger partial charge < -0.3 is 38.3 Å². The van der Waals surface area contributed by atoms with Crippen LogP contribution in [0.15, 0.2) is 0 Å². The Morgan fingerprint density at radius 2 is 0.816 bits per heavy atom. The molecule has 0 rings (SSSR count). The van der Waals surface area contributed by atoms with Gasteiger partial charge in [-0.25, -0.2) is 4.79 Å². The molecule has 0 spiro atoms. The van der Waals surface area contributed by atoms with E-state index in [2.05, 4.69) is 0 Å². The maximum Gasteiger partial charge on any atom is 0.349 e. The Balaban J connectivity index is 7.22. The zero-order valence-electron chi connectivity index (χ0n) is 21.7. The molecule has 38 heavy (non-hydrogen) atoms. The number of rotatable bonds is 14.